The summed E-state index contributed by atoms with van der Waals surface area (Å²) in [6.07, 6.45) is 6.60. The van der Waals surface area contributed by atoms with Crippen molar-refractivity contribution in [3.05, 3.63) is 66.0 Å². The molecule has 1 N–H and O–H groups in total. The molecule has 0 fully saturated rings. The van der Waals surface area contributed by atoms with Gasteiger partial charge in [0.15, 0.2) is 11.7 Å². The van der Waals surface area contributed by atoms with E-state index in [2.05, 4.69) is 73.9 Å². The minimum absolute atomic E-state index is 0.0359. The van der Waals surface area contributed by atoms with Crippen LogP contribution in [0.15, 0.2) is 65.4 Å². The van der Waals surface area contributed by atoms with Crippen molar-refractivity contribution in [2.75, 3.05) is 27.4 Å². The van der Waals surface area contributed by atoms with E-state index in [4.69, 9.17) is 9.73 Å². The van der Waals surface area contributed by atoms with Crippen LogP contribution < -0.4 is 0 Å². The number of carbonyl (C=O) groups excluding carboxylic acids is 1. The molecule has 1 atom stereocenters. The maximum atomic E-state index is 12.1. The second kappa shape index (κ2) is 11.5. The first-order valence-electron chi connectivity index (χ1n) is 13.1. The number of esters is 1. The number of rotatable bonds is 10. The number of amidine groups is 1. The molecule has 3 aromatic rings. The van der Waals surface area contributed by atoms with E-state index in [0.717, 1.165) is 54.0 Å². The van der Waals surface area contributed by atoms with Crippen molar-refractivity contribution in [1.29, 1.82) is 0 Å². The average molecular weight is 515 g/mol. The number of methoxy groups -OCH3 is 1. The number of nitrogens with zero attached hydrogens (tertiary/aromatic N) is 7. The molecule has 0 saturated heterocycles. The summed E-state index contributed by atoms with van der Waals surface area (Å²) in [6, 6.07) is 16.7. The van der Waals surface area contributed by atoms with E-state index in [-0.39, 0.29) is 18.7 Å². The lowest BCUT2D eigenvalue weighted by atomic mass is 9.98. The van der Waals surface area contributed by atoms with Crippen molar-refractivity contribution in [1.82, 2.24) is 35.3 Å². The molecule has 0 bridgehead atoms. The number of tetrazole rings is 1. The van der Waals surface area contributed by atoms with Gasteiger partial charge >= 0.3 is 5.97 Å². The summed E-state index contributed by atoms with van der Waals surface area (Å²) in [7, 11) is 3.44. The van der Waals surface area contributed by atoms with Crippen LogP contribution in [0.25, 0.3) is 22.5 Å². The van der Waals surface area contributed by atoms with Gasteiger partial charge in [-0.2, -0.15) is 0 Å². The van der Waals surface area contributed by atoms with Gasteiger partial charge < -0.3 is 19.4 Å². The molecule has 1 unspecified atom stereocenters. The third-order valence-electron chi connectivity index (χ3n) is 6.96. The summed E-state index contributed by atoms with van der Waals surface area (Å²) in [6.45, 7) is 3.72. The van der Waals surface area contributed by atoms with Gasteiger partial charge in [-0.3, -0.25) is 4.79 Å². The number of hydrogen-bond acceptors (Lipinski definition) is 9. The summed E-state index contributed by atoms with van der Waals surface area (Å²) in [5.41, 5.74) is 5.37. The molecule has 0 amide bonds. The highest BCUT2D eigenvalue weighted by Gasteiger charge is 2.37. The van der Waals surface area contributed by atoms with E-state index in [1.165, 1.54) is 19.1 Å². The molecule has 10 nitrogen and oxygen atoms in total. The zero-order valence-corrected chi connectivity index (χ0v) is 22.2. The van der Waals surface area contributed by atoms with Gasteiger partial charge in [0.25, 0.3) is 0 Å². The van der Waals surface area contributed by atoms with E-state index in [0.29, 0.717) is 12.5 Å². The number of ether oxygens (including phenoxy) is 1. The van der Waals surface area contributed by atoms with Gasteiger partial charge in [0.2, 0.25) is 0 Å². The topological polar surface area (TPSA) is 103 Å². The Bertz CT molecular complexity index is 1300. The van der Waals surface area contributed by atoms with E-state index >= 15 is 0 Å². The quantitative estimate of drug-likeness (QED) is 0.321. The lowest BCUT2D eigenvalue weighted by Gasteiger charge is -2.36. The summed E-state index contributed by atoms with van der Waals surface area (Å²) in [5, 5.41) is 14.4. The Kier molecular flexibility index (Phi) is 7.67. The number of H-pyrrole nitrogens is 1. The van der Waals surface area contributed by atoms with Crippen molar-refractivity contribution in [2.24, 2.45) is 4.99 Å². The Hall–Kier alpha value is -4.21. The van der Waals surface area contributed by atoms with Crippen molar-refractivity contribution in [3.63, 3.8) is 0 Å². The molecule has 2 aromatic carbocycles. The van der Waals surface area contributed by atoms with Gasteiger partial charge in [0.05, 0.1) is 19.5 Å². The molecule has 0 radical (unpaired) electrons. The smallest absolute Gasteiger partial charge is 0.325 e. The number of unbranched alkanes of at least 4 members (excludes halogenated alkanes) is 2. The van der Waals surface area contributed by atoms with Crippen molar-refractivity contribution < 1.29 is 9.53 Å². The first-order valence-corrected chi connectivity index (χ1v) is 13.1. The Balaban J connectivity index is 1.39. The number of hydrogen-bond donors (Lipinski definition) is 1. The third kappa shape index (κ3) is 5.39. The largest absolute Gasteiger partial charge is 0.468 e. The second-order valence-electron chi connectivity index (χ2n) is 9.74. The summed E-state index contributed by atoms with van der Waals surface area (Å²) >= 11 is 0. The average Bonchev–Trinajstić information content (AvgIpc) is 3.58. The first-order chi connectivity index (χ1) is 18.6. The number of aromatic amines is 1. The molecular weight excluding hydrogens is 480 g/mol. The minimum atomic E-state index is -0.264. The fourth-order valence-electron chi connectivity index (χ4n) is 5.06. The fraction of sp³-hybridized carbons (Fsp3) is 0.393. The van der Waals surface area contributed by atoms with E-state index < -0.39 is 0 Å². The van der Waals surface area contributed by atoms with E-state index in [9.17, 15) is 4.79 Å². The zero-order valence-electron chi connectivity index (χ0n) is 22.2. The lowest BCUT2D eigenvalue weighted by Crippen LogP contribution is -2.46. The summed E-state index contributed by atoms with van der Waals surface area (Å²) < 4.78 is 4.95. The van der Waals surface area contributed by atoms with Gasteiger partial charge in [0.1, 0.15) is 12.7 Å². The van der Waals surface area contributed by atoms with Crippen LogP contribution >= 0.6 is 0 Å². The maximum Gasteiger partial charge on any atom is 0.325 e. The third-order valence-corrected chi connectivity index (χ3v) is 6.96. The van der Waals surface area contributed by atoms with Gasteiger partial charge in [-0.1, -0.05) is 68.3 Å². The summed E-state index contributed by atoms with van der Waals surface area (Å²) in [4.78, 5) is 23.7. The molecule has 2 aliphatic heterocycles. The van der Waals surface area contributed by atoms with E-state index in [1.54, 1.807) is 0 Å². The predicted molar refractivity (Wildman–Crippen MR) is 145 cm³/mol. The molecule has 10 heteroatoms. The predicted octanol–water partition coefficient (Wildman–Crippen LogP) is 3.87. The molecule has 0 saturated carbocycles. The maximum absolute atomic E-state index is 12.1. The Morgan fingerprint density at radius 2 is 1.89 bits per heavy atom. The van der Waals surface area contributed by atoms with Crippen molar-refractivity contribution >= 4 is 11.8 Å². The Labute approximate surface area is 223 Å². The van der Waals surface area contributed by atoms with Crippen LogP contribution in [0, 0.1) is 0 Å². The highest BCUT2D eigenvalue weighted by atomic mass is 16.5. The molecule has 0 aliphatic carbocycles. The number of carbonyl (C=O) groups is 1. The van der Waals surface area contributed by atoms with Gasteiger partial charge in [0, 0.05) is 25.4 Å². The number of aliphatic imine (C=N–C) groups is 1. The van der Waals surface area contributed by atoms with Crippen molar-refractivity contribution in [2.45, 2.75) is 45.3 Å². The SMILES string of the molecule is CCCCCC1N=C2C(=CN(C)CN2CC(=O)OC)N1Cc1ccc(-c2ccccc2-c2nnn[nH]2)cc1. The fourth-order valence-corrected chi connectivity index (χ4v) is 5.06. The minimum Gasteiger partial charge on any atom is -0.468 e. The highest BCUT2D eigenvalue weighted by Crippen LogP contribution is 2.33. The number of fused-ring (bicyclic) bond motifs is 1. The lowest BCUT2D eigenvalue weighted by molar-refractivity contribution is -0.141. The standard InChI is InChI=1S/C28H34N8O2/c1-4-5-6-11-25-29-28-24(17-34(2)19-35(28)18-26(37)38-3)36(25)16-20-12-14-21(15-13-20)22-9-7-8-10-23(22)27-30-32-33-31-27/h7-10,12-15,17,25H,4-6,11,16,18-19H2,1-3H3,(H,30,31,32,33). The van der Waals surface area contributed by atoms with Gasteiger partial charge in [-0.15, -0.1) is 5.10 Å². The molecule has 0 spiro atoms. The molecule has 198 valence electrons. The van der Waals surface area contributed by atoms with Crippen LogP contribution in [0.4, 0.5) is 0 Å². The normalized spacial score (nSPS) is 16.8. The molecule has 3 heterocycles. The van der Waals surface area contributed by atoms with Crippen LogP contribution in [0.2, 0.25) is 0 Å². The Morgan fingerprint density at radius 1 is 1.11 bits per heavy atom. The molecular formula is C28H34N8O2. The second-order valence-corrected chi connectivity index (χ2v) is 9.74. The molecule has 1 aromatic heterocycles. The van der Waals surface area contributed by atoms with Crippen LogP contribution in [0.3, 0.4) is 0 Å². The van der Waals surface area contributed by atoms with Gasteiger partial charge in [-0.25, -0.2) is 10.1 Å². The van der Waals surface area contributed by atoms with Crippen LogP contribution in [-0.4, -0.2) is 80.7 Å². The monoisotopic (exact) mass is 514 g/mol. The number of benzene rings is 2. The number of nitrogens with one attached hydrogen (secondary N) is 1. The highest BCUT2D eigenvalue weighted by molar-refractivity contribution is 6.01. The van der Waals surface area contributed by atoms with Gasteiger partial charge in [-0.05, 0) is 40.0 Å². The molecule has 5 rings (SSSR count). The summed E-state index contributed by atoms with van der Waals surface area (Å²) in [5.74, 6) is 1.26. The van der Waals surface area contributed by atoms with Crippen molar-refractivity contribution in [3.8, 4) is 22.5 Å². The van der Waals surface area contributed by atoms with Crippen LogP contribution in [0.1, 0.15) is 38.2 Å². The molecule has 2 aliphatic rings. The van der Waals surface area contributed by atoms with E-state index in [1.807, 2.05) is 30.1 Å². The van der Waals surface area contributed by atoms with Crippen LogP contribution in [-0.2, 0) is 16.1 Å². The molecule has 38 heavy (non-hydrogen) atoms. The Morgan fingerprint density at radius 3 is 2.61 bits per heavy atom. The first kappa shape index (κ1) is 25.4. The number of aromatic nitrogens is 4. The van der Waals surface area contributed by atoms with Crippen LogP contribution in [0.5, 0.6) is 0 Å². The zero-order chi connectivity index (χ0) is 26.5.